The summed E-state index contributed by atoms with van der Waals surface area (Å²) in [4.78, 5) is 15.0. The molecule has 4 rings (SSSR count). The van der Waals surface area contributed by atoms with Gasteiger partial charge < -0.3 is 20.1 Å². The minimum atomic E-state index is -0.202. The van der Waals surface area contributed by atoms with E-state index >= 15 is 0 Å². The van der Waals surface area contributed by atoms with E-state index < -0.39 is 0 Å². The van der Waals surface area contributed by atoms with Crippen LogP contribution in [0, 0.1) is 0 Å². The van der Waals surface area contributed by atoms with Crippen molar-refractivity contribution in [1.82, 2.24) is 10.2 Å². The van der Waals surface area contributed by atoms with Crippen molar-refractivity contribution in [1.29, 1.82) is 0 Å². The topological polar surface area (TPSA) is 62.8 Å². The molecule has 2 N–H and O–H groups in total. The number of amides is 2. The van der Waals surface area contributed by atoms with Gasteiger partial charge in [0, 0.05) is 18.7 Å². The number of carbonyl (C=O) groups is 1. The third kappa shape index (κ3) is 4.30. The highest BCUT2D eigenvalue weighted by molar-refractivity contribution is 5.94. The van der Waals surface area contributed by atoms with Crippen molar-refractivity contribution in [2.75, 3.05) is 44.8 Å². The maximum atomic E-state index is 12.7. The zero-order valence-electron chi connectivity index (χ0n) is 15.3. The Balaban J connectivity index is 1.42. The molecule has 2 aliphatic rings. The van der Waals surface area contributed by atoms with Gasteiger partial charge in [-0.25, -0.2) is 4.79 Å². The minimum absolute atomic E-state index is 0.0213. The molecule has 0 aliphatic carbocycles. The van der Waals surface area contributed by atoms with Crippen LogP contribution < -0.4 is 10.6 Å². The highest BCUT2D eigenvalue weighted by Crippen LogP contribution is 2.27. The number of nitrogens with zero attached hydrogens (tertiary/aromatic N) is 1. The fourth-order valence-corrected chi connectivity index (χ4v) is 3.74. The van der Waals surface area contributed by atoms with Crippen LogP contribution in [0.5, 0.6) is 0 Å². The maximum absolute atomic E-state index is 12.7. The first-order valence-corrected chi connectivity index (χ1v) is 9.43. The van der Waals surface area contributed by atoms with Crippen LogP contribution in [-0.4, -0.2) is 62.5 Å². The van der Waals surface area contributed by atoms with Crippen LogP contribution in [0.1, 0.15) is 0 Å². The van der Waals surface area contributed by atoms with Gasteiger partial charge in [-0.15, -0.1) is 0 Å². The molecule has 2 aromatic rings. The largest absolute Gasteiger partial charge is 0.379 e. The lowest BCUT2D eigenvalue weighted by Gasteiger charge is -2.34. The molecule has 0 spiro atoms. The number of carbonyl (C=O) groups excluding carboxylic acids is 1. The van der Waals surface area contributed by atoms with Crippen molar-refractivity contribution in [2.45, 2.75) is 12.1 Å². The van der Waals surface area contributed by atoms with Crippen molar-refractivity contribution in [3.05, 3.63) is 54.6 Å². The molecule has 6 heteroatoms. The Morgan fingerprint density at radius 2 is 1.67 bits per heavy atom. The molecular formula is C21H25N3O3. The van der Waals surface area contributed by atoms with Crippen LogP contribution >= 0.6 is 0 Å². The Kier molecular flexibility index (Phi) is 5.67. The van der Waals surface area contributed by atoms with Crippen LogP contribution in [0.3, 0.4) is 0 Å². The summed E-state index contributed by atoms with van der Waals surface area (Å²) in [7, 11) is 0. The molecule has 2 aliphatic heterocycles. The average molecular weight is 367 g/mol. The maximum Gasteiger partial charge on any atom is 0.319 e. The number of nitrogens with one attached hydrogen (secondary N) is 2. The molecule has 142 valence electrons. The van der Waals surface area contributed by atoms with E-state index in [1.54, 1.807) is 0 Å². The molecule has 2 atom stereocenters. The number of hydrogen-bond acceptors (Lipinski definition) is 4. The van der Waals surface area contributed by atoms with Crippen LogP contribution in [0.15, 0.2) is 54.6 Å². The van der Waals surface area contributed by atoms with Gasteiger partial charge in [-0.1, -0.05) is 48.5 Å². The van der Waals surface area contributed by atoms with Gasteiger partial charge in [0.25, 0.3) is 0 Å². The predicted octanol–water partition coefficient (Wildman–Crippen LogP) is 2.57. The Hall–Kier alpha value is -2.41. The first kappa shape index (κ1) is 18.0. The first-order valence-electron chi connectivity index (χ1n) is 9.43. The van der Waals surface area contributed by atoms with Gasteiger partial charge >= 0.3 is 6.03 Å². The first-order chi connectivity index (χ1) is 13.3. The summed E-state index contributed by atoms with van der Waals surface area (Å²) in [5.74, 6) is 0. The molecule has 2 heterocycles. The lowest BCUT2D eigenvalue weighted by Crippen LogP contribution is -2.54. The molecule has 0 unspecified atom stereocenters. The van der Waals surface area contributed by atoms with Crippen molar-refractivity contribution >= 4 is 11.7 Å². The third-order valence-corrected chi connectivity index (χ3v) is 5.14. The van der Waals surface area contributed by atoms with Crippen molar-refractivity contribution in [3.8, 4) is 11.1 Å². The van der Waals surface area contributed by atoms with E-state index in [4.69, 9.17) is 9.47 Å². The van der Waals surface area contributed by atoms with Gasteiger partial charge in [0.05, 0.1) is 44.2 Å². The van der Waals surface area contributed by atoms with E-state index in [1.165, 1.54) is 0 Å². The van der Waals surface area contributed by atoms with E-state index in [2.05, 4.69) is 15.5 Å². The fourth-order valence-electron chi connectivity index (χ4n) is 3.74. The van der Waals surface area contributed by atoms with Gasteiger partial charge in [-0.2, -0.15) is 0 Å². The van der Waals surface area contributed by atoms with E-state index in [9.17, 15) is 4.79 Å². The summed E-state index contributed by atoms with van der Waals surface area (Å²) in [5.41, 5.74) is 2.87. The summed E-state index contributed by atoms with van der Waals surface area (Å²) >= 11 is 0. The van der Waals surface area contributed by atoms with E-state index in [-0.39, 0.29) is 18.1 Å². The van der Waals surface area contributed by atoms with Crippen LogP contribution in [-0.2, 0) is 9.47 Å². The normalized spacial score (nSPS) is 23.1. The zero-order valence-corrected chi connectivity index (χ0v) is 15.3. The third-order valence-electron chi connectivity index (χ3n) is 5.14. The van der Waals surface area contributed by atoms with E-state index in [0.29, 0.717) is 13.2 Å². The van der Waals surface area contributed by atoms with Crippen LogP contribution in [0.25, 0.3) is 11.1 Å². The van der Waals surface area contributed by atoms with Gasteiger partial charge in [-0.05, 0) is 11.6 Å². The summed E-state index contributed by atoms with van der Waals surface area (Å²) in [6.45, 7) is 4.41. The van der Waals surface area contributed by atoms with Gasteiger partial charge in [-0.3, -0.25) is 4.90 Å². The van der Waals surface area contributed by atoms with E-state index in [0.717, 1.165) is 43.1 Å². The Bertz CT molecular complexity index is 762. The second-order valence-corrected chi connectivity index (χ2v) is 6.87. The SMILES string of the molecule is O=C(Nc1ccccc1-c1ccccc1)N[C@H]1COC[C@@H]1N1CCOCC1. The fraction of sp³-hybridized carbons (Fsp3) is 0.381. The monoisotopic (exact) mass is 367 g/mol. The standard InChI is InChI=1S/C21H25N3O3/c25-21(23-19-14-27-15-20(19)24-10-12-26-13-11-24)22-18-9-5-4-8-17(18)16-6-2-1-3-7-16/h1-9,19-20H,10-15H2,(H2,22,23,25)/t19-,20-/m0/s1. The number of rotatable bonds is 4. The van der Waals surface area contributed by atoms with Gasteiger partial charge in [0.2, 0.25) is 0 Å². The lowest BCUT2D eigenvalue weighted by atomic mass is 10.0. The molecular weight excluding hydrogens is 342 g/mol. The number of anilines is 1. The molecule has 0 radical (unpaired) electrons. The van der Waals surface area contributed by atoms with Crippen molar-refractivity contribution < 1.29 is 14.3 Å². The van der Waals surface area contributed by atoms with Gasteiger partial charge in [0.1, 0.15) is 0 Å². The predicted molar refractivity (Wildman–Crippen MR) is 105 cm³/mol. The number of para-hydroxylation sites is 1. The molecule has 2 fully saturated rings. The lowest BCUT2D eigenvalue weighted by molar-refractivity contribution is 0.0113. The van der Waals surface area contributed by atoms with Crippen LogP contribution in [0.4, 0.5) is 10.5 Å². The smallest absolute Gasteiger partial charge is 0.319 e. The number of morpholine rings is 1. The highest BCUT2D eigenvalue weighted by Gasteiger charge is 2.34. The van der Waals surface area contributed by atoms with E-state index in [1.807, 2.05) is 54.6 Å². The molecule has 27 heavy (non-hydrogen) atoms. The van der Waals surface area contributed by atoms with Crippen molar-refractivity contribution in [3.63, 3.8) is 0 Å². The quantitative estimate of drug-likeness (QED) is 0.872. The average Bonchev–Trinajstić information content (AvgIpc) is 3.17. The minimum Gasteiger partial charge on any atom is -0.379 e. The molecule has 0 bridgehead atoms. The molecule has 6 nitrogen and oxygen atoms in total. The summed E-state index contributed by atoms with van der Waals surface area (Å²) in [6, 6.07) is 17.9. The number of urea groups is 1. The number of benzene rings is 2. The number of hydrogen-bond donors (Lipinski definition) is 2. The summed E-state index contributed by atoms with van der Waals surface area (Å²) in [5, 5.41) is 6.11. The number of ether oxygens (including phenoxy) is 2. The van der Waals surface area contributed by atoms with Gasteiger partial charge in [0.15, 0.2) is 0 Å². The summed E-state index contributed by atoms with van der Waals surface area (Å²) in [6.07, 6.45) is 0. The second-order valence-electron chi connectivity index (χ2n) is 6.87. The molecule has 0 saturated carbocycles. The van der Waals surface area contributed by atoms with Crippen molar-refractivity contribution in [2.24, 2.45) is 0 Å². The molecule has 0 aromatic heterocycles. The molecule has 2 aromatic carbocycles. The zero-order chi connectivity index (χ0) is 18.5. The Morgan fingerprint density at radius 3 is 2.48 bits per heavy atom. The highest BCUT2D eigenvalue weighted by atomic mass is 16.5. The van der Waals surface area contributed by atoms with Crippen LogP contribution in [0.2, 0.25) is 0 Å². The molecule has 2 amide bonds. The summed E-state index contributed by atoms with van der Waals surface area (Å²) < 4.78 is 11.1. The Morgan fingerprint density at radius 1 is 0.926 bits per heavy atom. The molecule has 2 saturated heterocycles. The second kappa shape index (κ2) is 8.52. The Labute approximate surface area is 159 Å².